The maximum absolute atomic E-state index is 9.43. The van der Waals surface area contributed by atoms with Crippen molar-refractivity contribution >= 4 is 59.6 Å². The number of para-hydroxylation sites is 1. The summed E-state index contributed by atoms with van der Waals surface area (Å²) >= 11 is 0. The lowest BCUT2D eigenvalue weighted by molar-refractivity contribution is 1.35. The minimum absolute atomic E-state index is 0.722. The molecule has 8 aromatic rings. The van der Waals surface area contributed by atoms with E-state index in [1.54, 1.807) is 0 Å². The molecule has 0 aliphatic carbocycles. The van der Waals surface area contributed by atoms with Crippen molar-refractivity contribution in [2.24, 2.45) is 0 Å². The molecule has 0 unspecified atom stereocenters. The van der Waals surface area contributed by atoms with Gasteiger partial charge in [0.25, 0.3) is 0 Å². The fourth-order valence-electron chi connectivity index (χ4n) is 6.50. The molecule has 33 heavy (non-hydrogen) atoms. The lowest BCUT2D eigenvalue weighted by Gasteiger charge is -2.12. The Balaban J connectivity index is 1.67. The highest BCUT2D eigenvalue weighted by atomic mass is 14.9. The largest absolute Gasteiger partial charge is 0.307 e. The van der Waals surface area contributed by atoms with Crippen LogP contribution >= 0.6 is 0 Å². The van der Waals surface area contributed by atoms with Crippen molar-refractivity contribution in [3.63, 3.8) is 0 Å². The standard InChI is InChI=1S/C31H18N2/c1-16-10-18(15-32)11-17(2)27(16)20-13-24-22-8-5-9-23-25-12-19-6-3-4-7-21(19)28-26(14-20)30(24)33(29(22)23)31(25)28/h3-14H,1-2H3. The van der Waals surface area contributed by atoms with Crippen LogP contribution in [-0.2, 0) is 0 Å². The molecule has 3 heterocycles. The van der Waals surface area contributed by atoms with Gasteiger partial charge in [0, 0.05) is 32.3 Å². The monoisotopic (exact) mass is 418 g/mol. The molecule has 2 nitrogen and oxygen atoms in total. The summed E-state index contributed by atoms with van der Waals surface area (Å²) in [5.41, 5.74) is 9.49. The fraction of sp³-hybridized carbons (Fsp3) is 0.0645. The van der Waals surface area contributed by atoms with E-state index in [1.807, 2.05) is 12.1 Å². The van der Waals surface area contributed by atoms with E-state index in [0.717, 1.165) is 16.7 Å². The number of hydrogen-bond donors (Lipinski definition) is 0. The Bertz CT molecular complexity index is 2080. The molecule has 0 spiro atoms. The van der Waals surface area contributed by atoms with Crippen molar-refractivity contribution in [3.8, 4) is 17.2 Å². The Kier molecular flexibility index (Phi) is 2.88. The van der Waals surface area contributed by atoms with E-state index in [9.17, 15) is 5.26 Å². The van der Waals surface area contributed by atoms with E-state index >= 15 is 0 Å². The first kappa shape index (κ1) is 17.2. The molecule has 0 radical (unpaired) electrons. The number of aryl methyl sites for hydroxylation is 2. The van der Waals surface area contributed by atoms with E-state index in [0.29, 0.717) is 0 Å². The van der Waals surface area contributed by atoms with E-state index in [4.69, 9.17) is 0 Å². The fourth-order valence-corrected chi connectivity index (χ4v) is 6.50. The molecule has 0 aliphatic rings. The van der Waals surface area contributed by atoms with Crippen molar-refractivity contribution in [1.82, 2.24) is 4.40 Å². The predicted octanol–water partition coefficient (Wildman–Crippen LogP) is 8.17. The molecule has 0 N–H and O–H groups in total. The smallest absolute Gasteiger partial charge is 0.0991 e. The van der Waals surface area contributed by atoms with Crippen molar-refractivity contribution in [2.45, 2.75) is 13.8 Å². The third kappa shape index (κ3) is 1.87. The van der Waals surface area contributed by atoms with Crippen LogP contribution in [0.1, 0.15) is 16.7 Å². The summed E-state index contributed by atoms with van der Waals surface area (Å²) < 4.78 is 2.51. The zero-order valence-electron chi connectivity index (χ0n) is 18.3. The lowest BCUT2D eigenvalue weighted by Crippen LogP contribution is -1.91. The summed E-state index contributed by atoms with van der Waals surface area (Å²) in [5, 5.41) is 20.0. The number of nitrogens with zero attached hydrogens (tertiary/aromatic N) is 2. The van der Waals surface area contributed by atoms with Crippen LogP contribution in [0.3, 0.4) is 0 Å². The summed E-state index contributed by atoms with van der Waals surface area (Å²) in [6.07, 6.45) is 0. The minimum Gasteiger partial charge on any atom is -0.307 e. The van der Waals surface area contributed by atoms with Gasteiger partial charge >= 0.3 is 0 Å². The van der Waals surface area contributed by atoms with Gasteiger partial charge in [0.15, 0.2) is 0 Å². The second-order valence-electron chi connectivity index (χ2n) is 9.42. The van der Waals surface area contributed by atoms with Crippen molar-refractivity contribution < 1.29 is 0 Å². The third-order valence-corrected chi connectivity index (χ3v) is 7.64. The molecule has 0 bridgehead atoms. The average Bonchev–Trinajstić information content (AvgIpc) is 3.46. The van der Waals surface area contributed by atoms with Crippen LogP contribution in [0.4, 0.5) is 0 Å². The topological polar surface area (TPSA) is 28.2 Å². The SMILES string of the molecule is Cc1cc(C#N)cc(C)c1-c1cc2c3cccc4c5cc6ccccc6c6c(c1)c2n(c34)c56. The molecule has 3 aromatic heterocycles. The van der Waals surface area contributed by atoms with Crippen LogP contribution < -0.4 is 0 Å². The second-order valence-corrected chi connectivity index (χ2v) is 9.42. The first-order chi connectivity index (χ1) is 16.2. The number of benzene rings is 5. The van der Waals surface area contributed by atoms with Crippen molar-refractivity contribution in [2.75, 3.05) is 0 Å². The van der Waals surface area contributed by atoms with Crippen LogP contribution in [0.15, 0.2) is 72.8 Å². The minimum atomic E-state index is 0.722. The zero-order chi connectivity index (χ0) is 22.0. The van der Waals surface area contributed by atoms with Crippen LogP contribution in [0.2, 0.25) is 0 Å². The highest BCUT2D eigenvalue weighted by molar-refractivity contribution is 6.38. The summed E-state index contributed by atoms with van der Waals surface area (Å²) in [5.74, 6) is 0. The first-order valence-corrected chi connectivity index (χ1v) is 11.4. The molecule has 0 fully saturated rings. The van der Waals surface area contributed by atoms with E-state index in [2.05, 4.69) is 85.0 Å². The van der Waals surface area contributed by atoms with Crippen LogP contribution in [-0.4, -0.2) is 4.40 Å². The molecule has 152 valence electrons. The summed E-state index contributed by atoms with van der Waals surface area (Å²) in [7, 11) is 0. The van der Waals surface area contributed by atoms with Crippen LogP contribution in [0, 0.1) is 25.2 Å². The Morgan fingerprint density at radius 3 is 2.03 bits per heavy atom. The lowest BCUT2D eigenvalue weighted by atomic mass is 9.91. The molecule has 0 saturated carbocycles. The zero-order valence-corrected chi connectivity index (χ0v) is 18.3. The Morgan fingerprint density at radius 1 is 0.636 bits per heavy atom. The first-order valence-electron chi connectivity index (χ1n) is 11.4. The molecule has 8 rings (SSSR count). The Hall–Kier alpha value is -4.35. The average molecular weight is 418 g/mol. The molecular formula is C31H18N2. The summed E-state index contributed by atoms with van der Waals surface area (Å²) in [6.45, 7) is 4.24. The van der Waals surface area contributed by atoms with E-state index in [-0.39, 0.29) is 0 Å². The van der Waals surface area contributed by atoms with Crippen LogP contribution in [0.25, 0.3) is 70.8 Å². The van der Waals surface area contributed by atoms with Crippen molar-refractivity contribution in [1.29, 1.82) is 5.26 Å². The molecule has 0 aliphatic heterocycles. The Labute approximate surface area is 189 Å². The molecular weight excluding hydrogens is 400 g/mol. The van der Waals surface area contributed by atoms with Gasteiger partial charge in [0.2, 0.25) is 0 Å². The van der Waals surface area contributed by atoms with Gasteiger partial charge in [-0.15, -0.1) is 0 Å². The molecule has 0 atom stereocenters. The van der Waals surface area contributed by atoms with Crippen LogP contribution in [0.5, 0.6) is 0 Å². The maximum atomic E-state index is 9.43. The molecule has 0 amide bonds. The van der Waals surface area contributed by atoms with Gasteiger partial charge in [0.1, 0.15) is 0 Å². The summed E-state index contributed by atoms with van der Waals surface area (Å²) in [6, 6.07) is 28.9. The van der Waals surface area contributed by atoms with E-state index < -0.39 is 0 Å². The molecule has 5 aromatic carbocycles. The quantitative estimate of drug-likeness (QED) is 0.264. The molecule has 0 saturated heterocycles. The predicted molar refractivity (Wildman–Crippen MR) is 138 cm³/mol. The molecule has 2 heteroatoms. The highest BCUT2D eigenvalue weighted by Gasteiger charge is 2.26. The number of rotatable bonds is 1. The van der Waals surface area contributed by atoms with Gasteiger partial charge in [-0.3, -0.25) is 0 Å². The van der Waals surface area contributed by atoms with Gasteiger partial charge in [-0.05, 0) is 77.2 Å². The van der Waals surface area contributed by atoms with Gasteiger partial charge < -0.3 is 4.40 Å². The normalized spacial score (nSPS) is 12.5. The highest BCUT2D eigenvalue weighted by Crippen LogP contribution is 2.50. The van der Waals surface area contributed by atoms with Gasteiger partial charge in [-0.2, -0.15) is 5.26 Å². The van der Waals surface area contributed by atoms with Gasteiger partial charge in [-0.1, -0.05) is 42.5 Å². The Morgan fingerprint density at radius 2 is 1.27 bits per heavy atom. The maximum Gasteiger partial charge on any atom is 0.0991 e. The van der Waals surface area contributed by atoms with Crippen molar-refractivity contribution in [3.05, 3.63) is 89.5 Å². The van der Waals surface area contributed by atoms with Gasteiger partial charge in [-0.25, -0.2) is 0 Å². The number of aromatic nitrogens is 1. The number of hydrogen-bond acceptors (Lipinski definition) is 1. The second kappa shape index (κ2) is 5.52. The van der Waals surface area contributed by atoms with E-state index in [1.165, 1.54) is 70.8 Å². The third-order valence-electron chi connectivity index (χ3n) is 7.64. The van der Waals surface area contributed by atoms with Gasteiger partial charge in [0.05, 0.1) is 28.2 Å². The summed E-state index contributed by atoms with van der Waals surface area (Å²) in [4.78, 5) is 0. The number of nitriles is 1. The number of fused-ring (bicyclic) bond motifs is 5.